The van der Waals surface area contributed by atoms with E-state index >= 15 is 0 Å². The van der Waals surface area contributed by atoms with Crippen LogP contribution < -0.4 is 0 Å². The molecule has 12 aliphatic carbocycles. The SMILES string of the molecule is C.C.C.C[C@@]1(O)CC[C@@]2(C)[C@H](CC[C@@H]3[C@@H]2CC[C@]2(C)[C@@H](C(=O)CBr)CC[C@@H]32)C1.C[C@@]1(O)CC[C@@]2(C)[C@H](CC[C@@H]3[C@@H]2CC[C@]2(C)[C@@H](C(=O)Cn4nc5cc(Cl)cnc5n4)CC[C@@H]32)C1.C[C@@]1(O)CC[C@@]2(C)[C@H](CC[C@@H]3[C@@H]2CC[C@]2(C)[C@@H](C(=O)Cn4nnc5ncc(Cl)cc54)CC[C@@H]32)C1.Clc1cnc2n[nH]nc2c1. The summed E-state index contributed by atoms with van der Waals surface area (Å²) >= 11 is 21.2. The molecule has 18 rings (SSSR count). The highest BCUT2D eigenvalue weighted by Crippen LogP contribution is 2.72. The quantitative estimate of drug-likeness (QED) is 0.103. The monoisotopic (exact) mass is 1580 g/mol. The van der Waals surface area contributed by atoms with Gasteiger partial charge in [-0.05, 0) is 316 Å². The predicted molar refractivity (Wildman–Crippen MR) is 424 cm³/mol. The first-order valence-electron chi connectivity index (χ1n) is 39.6. The van der Waals surface area contributed by atoms with E-state index in [1.807, 2.05) is 20.8 Å². The Labute approximate surface area is 653 Å². The summed E-state index contributed by atoms with van der Waals surface area (Å²) in [7, 11) is 0. The first kappa shape index (κ1) is 81.4. The maximum atomic E-state index is 13.7. The number of rotatable bonds is 8. The second kappa shape index (κ2) is 30.1. The minimum atomic E-state index is -0.490. The van der Waals surface area contributed by atoms with Crippen LogP contribution in [-0.4, -0.2) is 115 Å². The number of nitrogens with one attached hydrogen (secondary N) is 1. The molecule has 24 atom stereocenters. The summed E-state index contributed by atoms with van der Waals surface area (Å²) < 4.78 is 1.68. The van der Waals surface area contributed by atoms with Crippen LogP contribution in [0.5, 0.6) is 0 Å². The lowest BCUT2D eigenvalue weighted by Gasteiger charge is -2.61. The number of hydrogen-bond donors (Lipinski definition) is 4. The highest BCUT2D eigenvalue weighted by molar-refractivity contribution is 9.09. The second-order valence-corrected chi connectivity index (χ2v) is 39.8. The molecule has 6 aromatic heterocycles. The molecule has 6 heterocycles. The maximum Gasteiger partial charge on any atom is 0.201 e. The molecular weight excluding hydrogens is 1460 g/mol. The van der Waals surface area contributed by atoms with Crippen LogP contribution in [0.15, 0.2) is 36.8 Å². The molecule has 12 saturated carbocycles. The molecule has 22 heteroatoms. The summed E-state index contributed by atoms with van der Waals surface area (Å²) in [5, 5.41) is 61.4. The Morgan fingerprint density at radius 3 is 1.27 bits per heavy atom. The lowest BCUT2D eigenvalue weighted by molar-refractivity contribution is -0.151. The molecule has 0 amide bonds. The van der Waals surface area contributed by atoms with Gasteiger partial charge in [0.05, 0.1) is 37.2 Å². The number of Topliss-reactive ketones (excluding diaryl/α,β-unsaturated/α-hetero) is 3. The number of halogens is 4. The Balaban J connectivity index is 0.000000139. The summed E-state index contributed by atoms with van der Waals surface area (Å²) in [6.45, 7) is 21.4. The van der Waals surface area contributed by atoms with Gasteiger partial charge in [-0.2, -0.15) is 20.2 Å². The average molecular weight is 1580 g/mol. The smallest absolute Gasteiger partial charge is 0.201 e. The third-order valence-electron chi connectivity index (χ3n) is 32.5. The fourth-order valence-corrected chi connectivity index (χ4v) is 27.9. The zero-order valence-corrected chi connectivity index (χ0v) is 66.2. The van der Waals surface area contributed by atoms with Crippen LogP contribution in [-0.2, 0) is 27.5 Å². The van der Waals surface area contributed by atoms with E-state index in [1.54, 1.807) is 35.3 Å². The highest BCUT2D eigenvalue weighted by atomic mass is 79.9. The Morgan fingerprint density at radius 1 is 0.443 bits per heavy atom. The van der Waals surface area contributed by atoms with Gasteiger partial charge in [0.1, 0.15) is 35.4 Å². The number of alkyl halides is 1. The van der Waals surface area contributed by atoms with Gasteiger partial charge in [0.25, 0.3) is 0 Å². The van der Waals surface area contributed by atoms with E-state index in [4.69, 9.17) is 34.8 Å². The lowest BCUT2D eigenvalue weighted by atomic mass is 9.44. The van der Waals surface area contributed by atoms with Gasteiger partial charge in [-0.25, -0.2) is 19.6 Å². The molecule has 0 bridgehead atoms. The number of ketones is 3. The average Bonchev–Trinajstić information content (AvgIpc) is 1.49. The van der Waals surface area contributed by atoms with Gasteiger partial charge >= 0.3 is 0 Å². The minimum absolute atomic E-state index is 0. The van der Waals surface area contributed by atoms with Crippen LogP contribution in [0.2, 0.25) is 15.1 Å². The molecule has 12 aliphatic rings. The van der Waals surface area contributed by atoms with E-state index in [-0.39, 0.29) is 80.9 Å². The fourth-order valence-electron chi connectivity index (χ4n) is 27.0. The molecule has 12 fully saturated rings. The molecule has 0 aliphatic heterocycles. The Hall–Kier alpha value is -4.11. The number of aliphatic hydroxyl groups is 3. The lowest BCUT2D eigenvalue weighted by Crippen LogP contribution is -2.55. The van der Waals surface area contributed by atoms with E-state index in [0.29, 0.717) is 100.0 Å². The van der Waals surface area contributed by atoms with Crippen molar-refractivity contribution in [2.75, 3.05) is 5.33 Å². The number of carbonyl (C=O) groups is 3. The van der Waals surface area contributed by atoms with Crippen molar-refractivity contribution in [2.45, 2.75) is 288 Å². The Bertz CT molecular complexity index is 4180. The number of carbonyl (C=O) groups excluding carboxylic acids is 3. The van der Waals surface area contributed by atoms with Crippen molar-refractivity contribution in [3.05, 3.63) is 51.9 Å². The normalized spacial score (nSPS) is 42.1. The highest BCUT2D eigenvalue weighted by Gasteiger charge is 2.66. The third-order valence-corrected chi connectivity index (χ3v) is 33.7. The fraction of sp³-hybridized carbons (Fsp3) is 0.786. The van der Waals surface area contributed by atoms with Gasteiger partial charge in [0.2, 0.25) is 16.9 Å². The minimum Gasteiger partial charge on any atom is -0.390 e. The Morgan fingerprint density at radius 2 is 0.830 bits per heavy atom. The summed E-state index contributed by atoms with van der Waals surface area (Å²) in [4.78, 5) is 53.6. The van der Waals surface area contributed by atoms with Crippen molar-refractivity contribution in [3.8, 4) is 0 Å². The molecule has 0 radical (unpaired) electrons. The van der Waals surface area contributed by atoms with Crippen molar-refractivity contribution in [3.63, 3.8) is 0 Å². The first-order valence-corrected chi connectivity index (χ1v) is 41.9. The van der Waals surface area contributed by atoms with Crippen LogP contribution in [0.4, 0.5) is 0 Å². The number of nitrogens with zero attached hydrogens (tertiary/aromatic N) is 11. The van der Waals surface area contributed by atoms with E-state index in [2.05, 4.69) is 108 Å². The summed E-state index contributed by atoms with van der Waals surface area (Å²) in [6.07, 6.45) is 35.5. The second-order valence-electron chi connectivity index (χ2n) is 37.9. The number of H-pyrrole nitrogens is 1. The number of hydrogen-bond acceptors (Lipinski definition) is 15. The van der Waals surface area contributed by atoms with Crippen molar-refractivity contribution < 1.29 is 29.7 Å². The predicted octanol–water partition coefficient (Wildman–Crippen LogP) is 19.2. The number of pyridine rings is 3. The Kier molecular flexibility index (Phi) is 23.1. The van der Waals surface area contributed by atoms with Gasteiger partial charge in [-0.3, -0.25) is 14.4 Å². The zero-order valence-electron chi connectivity index (χ0n) is 62.3. The largest absolute Gasteiger partial charge is 0.390 e. The van der Waals surface area contributed by atoms with Crippen LogP contribution in [0.25, 0.3) is 33.5 Å². The molecule has 4 N–H and O–H groups in total. The molecule has 18 nitrogen and oxygen atoms in total. The number of fused-ring (bicyclic) bond motifs is 18. The molecular formula is C84H124BrCl3N12O6. The molecule has 0 aromatic carbocycles. The molecule has 0 unspecified atom stereocenters. The summed E-state index contributed by atoms with van der Waals surface area (Å²) in [5.74, 6) is 9.98. The standard InChI is InChI=1S/2C27H37ClN4O2.C22H35BrO2.C5H3ClN4.3CH4/c1-25(34)10-11-26(2)16(13-25)4-5-18-19-6-7-21(27(19,3)9-8-20(18)26)23(33)15-32-22-12-17(28)14-29-24(22)30-31-32;1-25(34)10-11-26(2)16(13-25)4-5-18-19-6-7-21(27(19,3)9-8-20(18)26)23(33)15-32-30-22-12-17(28)14-29-24(22)31-32;1-20(25)10-11-21(2)14(12-20)4-5-15-16-6-7-18(19(24)13-23)22(16,3)9-8-17(15)21;6-3-1-4-5(7-2-3)9-10-8-4;;;/h2*12,14,16,18-21,34H,4-11,13,15H2,1-3H3;14-18,25H,4-13H2,1-3H3;1-2H,(H,7,8,9,10);3*1H4/t2*16-,18+,19+,20+,21-,25-,26+,27+;14-,15+,16+,17+,18-,20-,21+,22+;;;;/m111..../s1. The van der Waals surface area contributed by atoms with Crippen molar-refractivity contribution in [1.29, 1.82) is 0 Å². The maximum absolute atomic E-state index is 13.7. The van der Waals surface area contributed by atoms with Crippen LogP contribution in [0, 0.1) is 121 Å². The summed E-state index contributed by atoms with van der Waals surface area (Å²) in [6, 6.07) is 5.24. The summed E-state index contributed by atoms with van der Waals surface area (Å²) in [5.41, 5.74) is 3.79. The van der Waals surface area contributed by atoms with Crippen molar-refractivity contribution >= 4 is 102 Å². The van der Waals surface area contributed by atoms with Crippen LogP contribution >= 0.6 is 50.7 Å². The van der Waals surface area contributed by atoms with E-state index in [9.17, 15) is 29.7 Å². The molecule has 0 spiro atoms. The number of aromatic amines is 1. The van der Waals surface area contributed by atoms with E-state index in [1.165, 1.54) is 88.0 Å². The molecule has 106 heavy (non-hydrogen) atoms. The first-order chi connectivity index (χ1) is 48.8. The van der Waals surface area contributed by atoms with Crippen molar-refractivity contribution in [2.24, 2.45) is 121 Å². The van der Waals surface area contributed by atoms with E-state index in [0.717, 1.165) is 143 Å². The van der Waals surface area contributed by atoms with Crippen molar-refractivity contribution in [1.82, 2.24) is 60.4 Å². The molecule has 584 valence electrons. The van der Waals surface area contributed by atoms with Gasteiger partial charge in [-0.1, -0.05) is 120 Å². The van der Waals surface area contributed by atoms with Gasteiger partial charge in [0.15, 0.2) is 11.6 Å². The molecule has 6 aromatic rings. The van der Waals surface area contributed by atoms with Crippen LogP contribution in [0.3, 0.4) is 0 Å². The third kappa shape index (κ3) is 14.5. The zero-order chi connectivity index (χ0) is 72.8. The molecule has 0 saturated heterocycles. The van der Waals surface area contributed by atoms with Gasteiger partial charge in [-0.15, -0.1) is 15.3 Å². The van der Waals surface area contributed by atoms with E-state index < -0.39 is 16.8 Å². The van der Waals surface area contributed by atoms with Crippen LogP contribution in [0.1, 0.15) is 258 Å². The van der Waals surface area contributed by atoms with Gasteiger partial charge < -0.3 is 15.3 Å². The topological polar surface area (TPSA) is 254 Å². The van der Waals surface area contributed by atoms with Gasteiger partial charge in [0, 0.05) is 36.3 Å². The number of aromatic nitrogens is 12.